The molecule has 0 radical (unpaired) electrons. The number of hydrogen-bond donors (Lipinski definition) is 0. The maximum atomic E-state index is 16.3. The fourth-order valence-electron chi connectivity index (χ4n) is 7.63. The number of para-hydroxylation sites is 2. The van der Waals surface area contributed by atoms with Crippen LogP contribution in [0.2, 0.25) is 0 Å². The minimum atomic E-state index is -2.96. The van der Waals surface area contributed by atoms with Crippen LogP contribution in [-0.2, 0) is 0 Å². The first-order valence-electron chi connectivity index (χ1n) is 20.6. The van der Waals surface area contributed by atoms with Crippen molar-refractivity contribution >= 4 is 35.2 Å². The van der Waals surface area contributed by atoms with Gasteiger partial charge in [-0.1, -0.05) is 113 Å². The molecule has 7 nitrogen and oxygen atoms in total. The van der Waals surface area contributed by atoms with E-state index in [0.717, 1.165) is 59.7 Å². The monoisotopic (exact) mass is 796 g/mol. The van der Waals surface area contributed by atoms with E-state index in [1.54, 1.807) is 20.3 Å². The van der Waals surface area contributed by atoms with Gasteiger partial charge in [0.15, 0.2) is 11.5 Å². The topological polar surface area (TPSA) is 63.4 Å². The maximum absolute atomic E-state index is 16.3. The van der Waals surface area contributed by atoms with Crippen LogP contribution < -0.4 is 23.7 Å². The first-order valence-corrected chi connectivity index (χ1v) is 20.6. The van der Waals surface area contributed by atoms with Gasteiger partial charge in [-0.25, -0.2) is 4.99 Å². The number of aromatic nitrogens is 1. The lowest BCUT2D eigenvalue weighted by Crippen LogP contribution is -2.18. The Kier molecular flexibility index (Phi) is 13.4. The zero-order chi connectivity index (χ0) is 41.3. The number of halogens is 2. The minimum absolute atomic E-state index is 0.296. The van der Waals surface area contributed by atoms with Crippen molar-refractivity contribution < 1.29 is 32.3 Å². The summed E-state index contributed by atoms with van der Waals surface area (Å²) in [7, 11) is 0.228. The van der Waals surface area contributed by atoms with Gasteiger partial charge in [0, 0.05) is 38.6 Å². The van der Waals surface area contributed by atoms with E-state index in [9.17, 15) is 0 Å². The summed E-state index contributed by atoms with van der Waals surface area (Å²) in [4.78, 5) is 5.42. The second kappa shape index (κ2) is 19.2. The predicted octanol–water partition coefficient (Wildman–Crippen LogP) is 12.4. The summed E-state index contributed by atoms with van der Waals surface area (Å²) in [5.74, 6) is 2.61. The van der Waals surface area contributed by atoms with Gasteiger partial charge in [-0.05, 0) is 61.2 Å². The number of aliphatic imine (C=N–C) groups is 1. The number of hydrogen-bond acceptors (Lipinski definition) is 6. The summed E-state index contributed by atoms with van der Waals surface area (Å²) in [6.45, 7) is 7.69. The molecule has 0 spiro atoms. The van der Waals surface area contributed by atoms with Crippen molar-refractivity contribution in [2.75, 3.05) is 34.0 Å². The van der Waals surface area contributed by atoms with Crippen LogP contribution in [0.15, 0.2) is 114 Å². The molecule has 0 fully saturated rings. The molecule has 1 aliphatic heterocycles. The summed E-state index contributed by atoms with van der Waals surface area (Å²) in [5.41, 5.74) is 5.88. The molecule has 59 heavy (non-hydrogen) atoms. The van der Waals surface area contributed by atoms with E-state index in [1.165, 1.54) is 0 Å². The molecular formula is C49H51BF2N2O5. The maximum Gasteiger partial charge on any atom is 0.678 e. The Hall–Kier alpha value is -6.03. The Morgan fingerprint density at radius 2 is 1.07 bits per heavy atom. The van der Waals surface area contributed by atoms with Gasteiger partial charge in [0.25, 0.3) is 0 Å². The molecule has 0 amide bonds. The zero-order valence-corrected chi connectivity index (χ0v) is 34.5. The van der Waals surface area contributed by atoms with Crippen LogP contribution in [0, 0.1) is 0 Å². The average molecular weight is 797 g/mol. The molecular weight excluding hydrogens is 745 g/mol. The number of fused-ring (bicyclic) bond motifs is 2. The molecule has 0 aliphatic carbocycles. The summed E-state index contributed by atoms with van der Waals surface area (Å²) in [6, 6.07) is 34.3. The molecule has 0 N–H and O–H groups in total. The van der Waals surface area contributed by atoms with Crippen LogP contribution in [-0.4, -0.2) is 51.6 Å². The SMILES string of the molecule is CCCCOc1cc(/C(=C2/N=C(c3ccccc3OC)c3ccccc32)c2c3ccccc3c(-c3ccccc3OC)n2B(F)F)cc(OCCCC)c1OCCCC. The van der Waals surface area contributed by atoms with Gasteiger partial charge in [-0.2, -0.15) is 0 Å². The van der Waals surface area contributed by atoms with Gasteiger partial charge in [0.2, 0.25) is 5.75 Å². The highest BCUT2D eigenvalue weighted by Crippen LogP contribution is 2.50. The van der Waals surface area contributed by atoms with E-state index in [4.69, 9.17) is 28.7 Å². The Labute approximate surface area is 346 Å². The molecule has 0 saturated carbocycles. The van der Waals surface area contributed by atoms with E-state index in [0.29, 0.717) is 98.8 Å². The molecule has 7 rings (SSSR count). The third kappa shape index (κ3) is 8.31. The summed E-state index contributed by atoms with van der Waals surface area (Å²) in [5, 5.41) is 1.27. The molecule has 10 heteroatoms. The van der Waals surface area contributed by atoms with Gasteiger partial charge >= 0.3 is 7.40 Å². The number of ether oxygens (including phenoxy) is 5. The van der Waals surface area contributed by atoms with Gasteiger partial charge < -0.3 is 28.2 Å². The van der Waals surface area contributed by atoms with Crippen molar-refractivity contribution in [3.8, 4) is 40.0 Å². The molecule has 2 heterocycles. The Morgan fingerprint density at radius 3 is 1.64 bits per heavy atom. The lowest BCUT2D eigenvalue weighted by molar-refractivity contribution is 0.237. The van der Waals surface area contributed by atoms with E-state index >= 15 is 8.63 Å². The number of methoxy groups -OCH3 is 2. The molecule has 0 atom stereocenters. The summed E-state index contributed by atoms with van der Waals surface area (Å²) >= 11 is 0. The minimum Gasteiger partial charge on any atom is -0.496 e. The van der Waals surface area contributed by atoms with E-state index in [2.05, 4.69) is 20.8 Å². The lowest BCUT2D eigenvalue weighted by atomic mass is 9.92. The van der Waals surface area contributed by atoms with Crippen molar-refractivity contribution in [2.45, 2.75) is 59.3 Å². The van der Waals surface area contributed by atoms with Crippen LogP contribution in [0.4, 0.5) is 8.63 Å². The smallest absolute Gasteiger partial charge is 0.496 e. The van der Waals surface area contributed by atoms with Crippen molar-refractivity contribution in [3.05, 3.63) is 137 Å². The third-order valence-electron chi connectivity index (χ3n) is 10.5. The third-order valence-corrected chi connectivity index (χ3v) is 10.5. The Morgan fingerprint density at radius 1 is 0.576 bits per heavy atom. The molecule has 304 valence electrons. The molecule has 1 aromatic heterocycles. The fraction of sp³-hybridized carbons (Fsp3) is 0.286. The second-order valence-corrected chi connectivity index (χ2v) is 14.4. The predicted molar refractivity (Wildman–Crippen MR) is 236 cm³/mol. The molecule has 6 aromatic rings. The molecule has 1 aliphatic rings. The first-order chi connectivity index (χ1) is 28.9. The van der Waals surface area contributed by atoms with Crippen LogP contribution in [0.25, 0.3) is 33.3 Å². The van der Waals surface area contributed by atoms with Gasteiger partial charge in [-0.3, -0.25) is 8.63 Å². The fourth-order valence-corrected chi connectivity index (χ4v) is 7.63. The number of benzene rings is 5. The Balaban J connectivity index is 1.65. The number of rotatable bonds is 19. The first kappa shape index (κ1) is 41.1. The second-order valence-electron chi connectivity index (χ2n) is 14.4. The van der Waals surface area contributed by atoms with Crippen molar-refractivity contribution in [2.24, 2.45) is 4.99 Å². The highest BCUT2D eigenvalue weighted by atomic mass is 19.2. The van der Waals surface area contributed by atoms with Crippen molar-refractivity contribution in [3.63, 3.8) is 0 Å². The largest absolute Gasteiger partial charge is 0.678 e. The normalized spacial score (nSPS) is 12.9. The number of nitrogens with zero attached hydrogens (tertiary/aromatic N) is 2. The van der Waals surface area contributed by atoms with Crippen LogP contribution >= 0.6 is 0 Å². The van der Waals surface area contributed by atoms with E-state index in [-0.39, 0.29) is 0 Å². The van der Waals surface area contributed by atoms with Crippen LogP contribution in [0.1, 0.15) is 87.2 Å². The Bertz CT molecular complexity index is 2440. The molecule has 5 aromatic carbocycles. The molecule has 0 unspecified atom stereocenters. The quantitative estimate of drug-likeness (QED) is 0.0603. The molecule has 0 bridgehead atoms. The molecule has 0 saturated heterocycles. The van der Waals surface area contributed by atoms with Crippen molar-refractivity contribution in [1.29, 1.82) is 0 Å². The summed E-state index contributed by atoms with van der Waals surface area (Å²) < 4.78 is 65.0. The van der Waals surface area contributed by atoms with Gasteiger partial charge in [0.05, 0.1) is 56.8 Å². The summed E-state index contributed by atoms with van der Waals surface area (Å²) in [6.07, 6.45) is 5.29. The lowest BCUT2D eigenvalue weighted by Gasteiger charge is -2.22. The van der Waals surface area contributed by atoms with Crippen molar-refractivity contribution in [1.82, 2.24) is 4.48 Å². The van der Waals surface area contributed by atoms with Crippen LogP contribution in [0.3, 0.4) is 0 Å². The van der Waals surface area contributed by atoms with Gasteiger partial charge in [-0.15, -0.1) is 0 Å². The van der Waals surface area contributed by atoms with E-state index < -0.39 is 7.40 Å². The zero-order valence-electron chi connectivity index (χ0n) is 34.5. The van der Waals surface area contributed by atoms with Gasteiger partial charge in [0.1, 0.15) is 11.5 Å². The average Bonchev–Trinajstić information content (AvgIpc) is 3.81. The highest BCUT2D eigenvalue weighted by Gasteiger charge is 2.36. The van der Waals surface area contributed by atoms with E-state index in [1.807, 2.05) is 103 Å². The standard InChI is InChI=1S/C49H51BF2N2O5/c1-6-9-28-57-42-31-33(32-43(58-29-10-7-2)49(42)59-30-11-8-3)44(46-35-21-13-12-20-34(35)45(53-46)38-24-16-18-26-40(38)55-4)48-37-23-15-14-22-36(37)47(54(48)50(51)52)39-25-17-19-27-41(39)56-5/h12-27,31-32H,6-11,28-30H2,1-5H3/b46-44-. The number of unbranched alkanes of at least 4 members (excludes halogenated alkanes) is 3. The van der Waals surface area contributed by atoms with Crippen LogP contribution in [0.5, 0.6) is 28.7 Å². The highest BCUT2D eigenvalue weighted by molar-refractivity contribution is 6.44.